The van der Waals surface area contributed by atoms with Gasteiger partial charge in [0.1, 0.15) is 0 Å². The molecule has 0 aromatic heterocycles. The van der Waals surface area contributed by atoms with E-state index in [1.54, 1.807) is 6.08 Å². The van der Waals surface area contributed by atoms with Crippen molar-refractivity contribution in [1.82, 2.24) is 0 Å². The number of hydrogen-bond donors (Lipinski definition) is 0. The predicted octanol–water partition coefficient (Wildman–Crippen LogP) is 2.67. The van der Waals surface area contributed by atoms with Gasteiger partial charge in [0, 0.05) is 6.42 Å². The van der Waals surface area contributed by atoms with E-state index in [0.29, 0.717) is 12.3 Å². The van der Waals surface area contributed by atoms with Crippen LogP contribution < -0.4 is 0 Å². The van der Waals surface area contributed by atoms with Crippen LogP contribution in [0.4, 0.5) is 0 Å². The van der Waals surface area contributed by atoms with Gasteiger partial charge in [0.05, 0.1) is 6.07 Å². The SMILES string of the molecule is C=CC=CC(C)CCC#N. The Bertz CT molecular complexity index is 151. The first-order valence-electron chi connectivity index (χ1n) is 3.47. The van der Waals surface area contributed by atoms with Crippen molar-refractivity contribution in [2.24, 2.45) is 5.92 Å². The number of nitriles is 1. The van der Waals surface area contributed by atoms with Crippen molar-refractivity contribution in [1.29, 1.82) is 5.26 Å². The molecule has 1 atom stereocenters. The molecule has 0 radical (unpaired) electrons. The molecule has 0 aromatic rings. The lowest BCUT2D eigenvalue weighted by atomic mass is 10.1. The van der Waals surface area contributed by atoms with Crippen LogP contribution in [-0.4, -0.2) is 0 Å². The smallest absolute Gasteiger partial charge is 0.0621 e. The average molecular weight is 135 g/mol. The fraction of sp³-hybridized carbons (Fsp3) is 0.444. The zero-order chi connectivity index (χ0) is 7.82. The Kier molecular flexibility index (Phi) is 5.47. The number of hydrogen-bond acceptors (Lipinski definition) is 1. The van der Waals surface area contributed by atoms with Gasteiger partial charge in [-0.2, -0.15) is 5.26 Å². The lowest BCUT2D eigenvalue weighted by Gasteiger charge is -1.98. The Hall–Kier alpha value is -1.03. The summed E-state index contributed by atoms with van der Waals surface area (Å²) in [5.41, 5.74) is 0. The van der Waals surface area contributed by atoms with Gasteiger partial charge in [-0.05, 0) is 12.3 Å². The normalized spacial score (nSPS) is 12.8. The van der Waals surface area contributed by atoms with E-state index >= 15 is 0 Å². The fourth-order valence-corrected chi connectivity index (χ4v) is 0.657. The van der Waals surface area contributed by atoms with Crippen LogP contribution in [0.25, 0.3) is 0 Å². The second kappa shape index (κ2) is 6.10. The van der Waals surface area contributed by atoms with Crippen LogP contribution in [0.5, 0.6) is 0 Å². The first-order valence-corrected chi connectivity index (χ1v) is 3.47. The van der Waals surface area contributed by atoms with Crippen molar-refractivity contribution in [3.63, 3.8) is 0 Å². The molecule has 10 heavy (non-hydrogen) atoms. The Labute approximate surface area is 62.7 Å². The Morgan fingerprint density at radius 1 is 1.70 bits per heavy atom. The highest BCUT2D eigenvalue weighted by molar-refractivity contribution is 4.99. The maximum absolute atomic E-state index is 8.25. The Balaban J connectivity index is 3.44. The molecule has 0 saturated carbocycles. The monoisotopic (exact) mass is 135 g/mol. The van der Waals surface area contributed by atoms with Crippen LogP contribution in [0.3, 0.4) is 0 Å². The van der Waals surface area contributed by atoms with Crippen LogP contribution in [0.15, 0.2) is 24.8 Å². The molecule has 0 N–H and O–H groups in total. The van der Waals surface area contributed by atoms with Gasteiger partial charge >= 0.3 is 0 Å². The largest absolute Gasteiger partial charge is 0.198 e. The van der Waals surface area contributed by atoms with E-state index in [4.69, 9.17) is 5.26 Å². The maximum Gasteiger partial charge on any atom is 0.0621 e. The van der Waals surface area contributed by atoms with E-state index in [2.05, 4.69) is 25.6 Å². The average Bonchev–Trinajstić information content (AvgIpc) is 1.97. The molecule has 1 nitrogen and oxygen atoms in total. The summed E-state index contributed by atoms with van der Waals surface area (Å²) in [6, 6.07) is 2.12. The van der Waals surface area contributed by atoms with Crippen LogP contribution in [-0.2, 0) is 0 Å². The number of nitrogens with zero attached hydrogens (tertiary/aromatic N) is 1. The summed E-state index contributed by atoms with van der Waals surface area (Å²) in [6.45, 7) is 5.66. The summed E-state index contributed by atoms with van der Waals surface area (Å²) in [7, 11) is 0. The molecule has 0 fully saturated rings. The van der Waals surface area contributed by atoms with Crippen molar-refractivity contribution >= 4 is 0 Å². The topological polar surface area (TPSA) is 23.8 Å². The number of rotatable bonds is 4. The standard InChI is InChI=1S/C9H13N/c1-3-4-6-9(2)7-5-8-10/h3-4,6,9H,1,5,7H2,2H3. The molecule has 0 aliphatic carbocycles. The molecule has 0 bridgehead atoms. The molecular weight excluding hydrogens is 122 g/mol. The number of allylic oxidation sites excluding steroid dienone is 3. The van der Waals surface area contributed by atoms with Gasteiger partial charge < -0.3 is 0 Å². The van der Waals surface area contributed by atoms with Gasteiger partial charge in [0.15, 0.2) is 0 Å². The molecule has 1 heteroatoms. The van der Waals surface area contributed by atoms with E-state index in [1.807, 2.05) is 6.08 Å². The molecule has 0 aliphatic heterocycles. The minimum atomic E-state index is 0.498. The van der Waals surface area contributed by atoms with Gasteiger partial charge in [0.25, 0.3) is 0 Å². The van der Waals surface area contributed by atoms with Crippen molar-refractivity contribution in [2.75, 3.05) is 0 Å². The predicted molar refractivity (Wildman–Crippen MR) is 43.3 cm³/mol. The van der Waals surface area contributed by atoms with Crippen molar-refractivity contribution in [3.05, 3.63) is 24.8 Å². The maximum atomic E-state index is 8.25. The molecule has 0 amide bonds. The third-order valence-electron chi connectivity index (χ3n) is 1.29. The van der Waals surface area contributed by atoms with Crippen molar-refractivity contribution in [2.45, 2.75) is 19.8 Å². The molecule has 0 saturated heterocycles. The third-order valence-corrected chi connectivity index (χ3v) is 1.29. The van der Waals surface area contributed by atoms with E-state index in [1.165, 1.54) is 0 Å². The third kappa shape index (κ3) is 5.11. The van der Waals surface area contributed by atoms with Crippen molar-refractivity contribution in [3.8, 4) is 6.07 Å². The summed E-state index contributed by atoms with van der Waals surface area (Å²) in [4.78, 5) is 0. The summed E-state index contributed by atoms with van der Waals surface area (Å²) < 4.78 is 0. The van der Waals surface area contributed by atoms with Crippen LogP contribution >= 0.6 is 0 Å². The molecule has 0 aromatic carbocycles. The lowest BCUT2D eigenvalue weighted by molar-refractivity contribution is 0.662. The highest BCUT2D eigenvalue weighted by Gasteiger charge is 1.93. The Morgan fingerprint density at radius 2 is 2.40 bits per heavy atom. The molecule has 0 rings (SSSR count). The Morgan fingerprint density at radius 3 is 2.90 bits per heavy atom. The van der Waals surface area contributed by atoms with Gasteiger partial charge in [-0.1, -0.05) is 31.7 Å². The van der Waals surface area contributed by atoms with E-state index in [-0.39, 0.29) is 0 Å². The molecule has 0 aliphatic rings. The molecule has 0 spiro atoms. The molecule has 1 unspecified atom stereocenters. The first kappa shape index (κ1) is 8.97. The molecule has 0 heterocycles. The molecular formula is C9H13N. The lowest BCUT2D eigenvalue weighted by Crippen LogP contribution is -1.86. The minimum Gasteiger partial charge on any atom is -0.198 e. The fourth-order valence-electron chi connectivity index (χ4n) is 0.657. The van der Waals surface area contributed by atoms with Crippen LogP contribution in [0.2, 0.25) is 0 Å². The van der Waals surface area contributed by atoms with E-state index < -0.39 is 0 Å². The van der Waals surface area contributed by atoms with Gasteiger partial charge in [-0.25, -0.2) is 0 Å². The first-order chi connectivity index (χ1) is 4.81. The zero-order valence-electron chi connectivity index (χ0n) is 6.38. The van der Waals surface area contributed by atoms with Gasteiger partial charge in [0.2, 0.25) is 0 Å². The minimum absolute atomic E-state index is 0.498. The van der Waals surface area contributed by atoms with Crippen LogP contribution in [0.1, 0.15) is 19.8 Å². The summed E-state index contributed by atoms with van der Waals surface area (Å²) in [5, 5.41) is 8.25. The summed E-state index contributed by atoms with van der Waals surface area (Å²) in [6.07, 6.45) is 7.32. The summed E-state index contributed by atoms with van der Waals surface area (Å²) in [5.74, 6) is 0.498. The van der Waals surface area contributed by atoms with Gasteiger partial charge in [-0.3, -0.25) is 0 Å². The highest BCUT2D eigenvalue weighted by atomic mass is 14.2. The second-order valence-corrected chi connectivity index (χ2v) is 2.29. The summed E-state index contributed by atoms with van der Waals surface area (Å²) >= 11 is 0. The van der Waals surface area contributed by atoms with Gasteiger partial charge in [-0.15, -0.1) is 0 Å². The quantitative estimate of drug-likeness (QED) is 0.544. The zero-order valence-corrected chi connectivity index (χ0v) is 6.38. The highest BCUT2D eigenvalue weighted by Crippen LogP contribution is 2.05. The van der Waals surface area contributed by atoms with Crippen molar-refractivity contribution < 1.29 is 0 Å². The van der Waals surface area contributed by atoms with E-state index in [0.717, 1.165) is 6.42 Å². The van der Waals surface area contributed by atoms with E-state index in [9.17, 15) is 0 Å². The van der Waals surface area contributed by atoms with Crippen LogP contribution in [0, 0.1) is 17.2 Å². The second-order valence-electron chi connectivity index (χ2n) is 2.29. The molecule has 54 valence electrons.